The van der Waals surface area contributed by atoms with E-state index in [0.29, 0.717) is 28.2 Å². The van der Waals surface area contributed by atoms with Crippen molar-refractivity contribution < 1.29 is 21.6 Å². The van der Waals surface area contributed by atoms with Gasteiger partial charge >= 0.3 is 6.18 Å². The van der Waals surface area contributed by atoms with E-state index in [1.165, 1.54) is 48.9 Å². The highest BCUT2D eigenvalue weighted by Crippen LogP contribution is 2.37. The van der Waals surface area contributed by atoms with Gasteiger partial charge in [0.05, 0.1) is 22.0 Å². The fourth-order valence-electron chi connectivity index (χ4n) is 4.60. The molecule has 1 aromatic heterocycles. The molecule has 0 aliphatic heterocycles. The molecule has 3 aromatic carbocycles. The maximum absolute atomic E-state index is 13.5. The molecule has 0 aliphatic carbocycles. The Bertz CT molecular complexity index is 1730. The van der Waals surface area contributed by atoms with E-state index in [2.05, 4.69) is 4.98 Å². The lowest BCUT2D eigenvalue weighted by atomic mass is 9.96. The molecule has 8 nitrogen and oxygen atoms in total. The predicted molar refractivity (Wildman–Crippen MR) is 158 cm³/mol. The van der Waals surface area contributed by atoms with Crippen molar-refractivity contribution in [2.24, 2.45) is 11.6 Å². The fraction of sp³-hybridized carbons (Fsp3) is 0.233. The third-order valence-corrected chi connectivity index (χ3v) is 8.89. The van der Waals surface area contributed by atoms with E-state index in [4.69, 9.17) is 11.6 Å². The number of hydrogen-bond acceptors (Lipinski definition) is 6. The molecule has 12 heteroatoms. The van der Waals surface area contributed by atoms with Crippen LogP contribution in [0.3, 0.4) is 0 Å². The van der Waals surface area contributed by atoms with Crippen LogP contribution in [0.25, 0.3) is 16.8 Å². The Morgan fingerprint density at radius 3 is 2.21 bits per heavy atom. The molecule has 4 rings (SSSR count). The number of imidazole rings is 1. The van der Waals surface area contributed by atoms with Crippen molar-refractivity contribution in [2.75, 3.05) is 19.1 Å². The molecule has 0 radical (unpaired) electrons. The van der Waals surface area contributed by atoms with Gasteiger partial charge in [-0.2, -0.15) is 13.2 Å². The third kappa shape index (κ3) is 6.06. The number of aromatic nitrogens is 2. The van der Waals surface area contributed by atoms with Crippen LogP contribution in [0, 0.1) is 13.8 Å². The van der Waals surface area contributed by atoms with Crippen molar-refractivity contribution in [3.63, 3.8) is 0 Å². The van der Waals surface area contributed by atoms with E-state index in [1.54, 1.807) is 30.3 Å². The molecule has 0 fully saturated rings. The van der Waals surface area contributed by atoms with E-state index in [9.17, 15) is 21.6 Å². The van der Waals surface area contributed by atoms with E-state index in [-0.39, 0.29) is 16.6 Å². The number of alkyl halides is 3. The topological polar surface area (TPSA) is 110 Å². The second kappa shape index (κ2) is 11.6. The van der Waals surface area contributed by atoms with Crippen molar-refractivity contribution in [2.45, 2.75) is 37.8 Å². The van der Waals surface area contributed by atoms with Crippen LogP contribution in [0.1, 0.15) is 35.5 Å². The van der Waals surface area contributed by atoms with Crippen LogP contribution in [0.5, 0.6) is 0 Å². The average molecular weight is 599 g/mol. The van der Waals surface area contributed by atoms with Gasteiger partial charge in [-0.3, -0.25) is 5.01 Å². The highest BCUT2D eigenvalue weighted by Gasteiger charge is 2.35. The number of benzene rings is 3. The third-order valence-electron chi connectivity index (χ3n) is 7.08. The molecule has 1 heterocycles. The first-order valence-electron chi connectivity index (χ1n) is 13.0. The smallest absolute Gasteiger partial charge is 0.403 e. The molecular formula is C30H33F3N6O2S. The van der Waals surface area contributed by atoms with Gasteiger partial charge in [0.2, 0.25) is 10.0 Å². The lowest BCUT2D eigenvalue weighted by molar-refractivity contribution is -0.141. The standard InChI is InChI=1S/C30H33F3N6O2S/c1-19-9-11-22(12-10-19)20(2)28(17-34)39(35)27-16-24(23-7-6-8-25(15-23)42(40,41)37(4)5)13-14-26(27)38-18-29(30(31,32)33)36-21(38)3/h6-18,20H,34-35H2,1-5H3/b28-17-. The Morgan fingerprint density at radius 1 is 1.00 bits per heavy atom. The van der Waals surface area contributed by atoms with Gasteiger partial charge in [-0.25, -0.2) is 23.5 Å². The summed E-state index contributed by atoms with van der Waals surface area (Å²) in [6, 6.07) is 19.3. The highest BCUT2D eigenvalue weighted by molar-refractivity contribution is 7.89. The van der Waals surface area contributed by atoms with Gasteiger partial charge in [0.25, 0.3) is 0 Å². The zero-order valence-electron chi connectivity index (χ0n) is 23.9. The number of sulfonamides is 1. The minimum absolute atomic E-state index is 0.0936. The number of aryl methyl sites for hydroxylation is 2. The summed E-state index contributed by atoms with van der Waals surface area (Å²) >= 11 is 0. The van der Waals surface area contributed by atoms with Crippen LogP contribution in [0.4, 0.5) is 18.9 Å². The van der Waals surface area contributed by atoms with Crippen LogP contribution in [-0.4, -0.2) is 36.4 Å². The molecule has 0 bridgehead atoms. The van der Waals surface area contributed by atoms with E-state index < -0.39 is 21.9 Å². The summed E-state index contributed by atoms with van der Waals surface area (Å²) in [5.74, 6) is 6.54. The van der Waals surface area contributed by atoms with E-state index in [0.717, 1.165) is 21.6 Å². The second-order valence-electron chi connectivity index (χ2n) is 10.2. The average Bonchev–Trinajstić information content (AvgIpc) is 3.35. The fourth-order valence-corrected chi connectivity index (χ4v) is 5.55. The first-order valence-corrected chi connectivity index (χ1v) is 14.4. The number of nitrogens with zero attached hydrogens (tertiary/aromatic N) is 4. The minimum atomic E-state index is -4.64. The summed E-state index contributed by atoms with van der Waals surface area (Å²) in [5.41, 5.74) is 9.38. The van der Waals surface area contributed by atoms with Crippen LogP contribution < -0.4 is 16.6 Å². The van der Waals surface area contributed by atoms with Crippen LogP contribution >= 0.6 is 0 Å². The second-order valence-corrected chi connectivity index (χ2v) is 12.3. The van der Waals surface area contributed by atoms with Crippen molar-refractivity contribution in [1.29, 1.82) is 0 Å². The number of anilines is 1. The maximum atomic E-state index is 13.5. The molecule has 0 amide bonds. The Labute approximate surface area is 243 Å². The Kier molecular flexibility index (Phi) is 8.53. The molecule has 4 aromatic rings. The molecule has 0 saturated carbocycles. The maximum Gasteiger partial charge on any atom is 0.434 e. The quantitative estimate of drug-likeness (QED) is 0.199. The van der Waals surface area contributed by atoms with Crippen LogP contribution in [0.2, 0.25) is 0 Å². The van der Waals surface area contributed by atoms with Crippen molar-refractivity contribution in [3.8, 4) is 16.8 Å². The summed E-state index contributed by atoms with van der Waals surface area (Å²) in [5, 5.41) is 1.34. The van der Waals surface area contributed by atoms with Crippen LogP contribution in [-0.2, 0) is 16.2 Å². The number of hydrogen-bond donors (Lipinski definition) is 2. The van der Waals surface area contributed by atoms with Gasteiger partial charge in [0.1, 0.15) is 5.82 Å². The molecule has 42 heavy (non-hydrogen) atoms. The van der Waals surface area contributed by atoms with E-state index >= 15 is 0 Å². The lowest BCUT2D eigenvalue weighted by Crippen LogP contribution is -2.34. The van der Waals surface area contributed by atoms with Gasteiger partial charge in [-0.05, 0) is 54.8 Å². The van der Waals surface area contributed by atoms with Gasteiger partial charge in [-0.15, -0.1) is 0 Å². The number of halogens is 3. The van der Waals surface area contributed by atoms with E-state index in [1.807, 2.05) is 38.1 Å². The number of nitrogens with two attached hydrogens (primary N) is 2. The van der Waals surface area contributed by atoms with Gasteiger partial charge in [-0.1, -0.05) is 55.0 Å². The largest absolute Gasteiger partial charge is 0.434 e. The molecule has 0 spiro atoms. The summed E-state index contributed by atoms with van der Waals surface area (Å²) in [4.78, 5) is 3.81. The van der Waals surface area contributed by atoms with Crippen molar-refractivity contribution in [1.82, 2.24) is 13.9 Å². The van der Waals surface area contributed by atoms with Crippen molar-refractivity contribution in [3.05, 3.63) is 107 Å². The Hall–Kier alpha value is -4.13. The number of allylic oxidation sites excluding steroid dienone is 1. The molecule has 4 N–H and O–H groups in total. The molecule has 0 saturated heterocycles. The molecule has 1 atom stereocenters. The predicted octanol–water partition coefficient (Wildman–Crippen LogP) is 5.71. The van der Waals surface area contributed by atoms with Gasteiger partial charge in [0, 0.05) is 32.4 Å². The van der Waals surface area contributed by atoms with Gasteiger partial charge in [0.15, 0.2) is 5.69 Å². The molecule has 0 aliphatic rings. The lowest BCUT2D eigenvalue weighted by Gasteiger charge is -2.29. The van der Waals surface area contributed by atoms with Gasteiger partial charge < -0.3 is 10.3 Å². The number of hydrazine groups is 1. The Morgan fingerprint density at radius 2 is 1.64 bits per heavy atom. The normalized spacial score (nSPS) is 13.4. The SMILES string of the molecule is Cc1ccc(C(C)/C(=C/N)N(N)c2cc(-c3cccc(S(=O)(=O)N(C)C)c3)ccc2-n2cc(C(F)(F)F)nc2C)cc1. The molecule has 1 unspecified atom stereocenters. The summed E-state index contributed by atoms with van der Waals surface area (Å²) in [6.07, 6.45) is -2.35. The monoisotopic (exact) mass is 598 g/mol. The van der Waals surface area contributed by atoms with Crippen LogP contribution in [0.15, 0.2) is 89.7 Å². The summed E-state index contributed by atoms with van der Waals surface area (Å²) < 4.78 is 68.6. The molecule has 222 valence electrons. The molecular weight excluding hydrogens is 565 g/mol. The number of rotatable bonds is 8. The Balaban J connectivity index is 1.90. The van der Waals surface area contributed by atoms with Crippen molar-refractivity contribution >= 4 is 15.7 Å². The minimum Gasteiger partial charge on any atom is -0.403 e. The zero-order chi connectivity index (χ0) is 31.0. The summed E-state index contributed by atoms with van der Waals surface area (Å²) in [6.45, 7) is 5.37. The first kappa shape index (κ1) is 30.8. The first-order chi connectivity index (χ1) is 19.6. The zero-order valence-corrected chi connectivity index (χ0v) is 24.7. The highest BCUT2D eigenvalue weighted by atomic mass is 32.2. The summed E-state index contributed by atoms with van der Waals surface area (Å²) in [7, 11) is -0.822.